The lowest BCUT2D eigenvalue weighted by atomic mass is 10.1. The van der Waals surface area contributed by atoms with Crippen LogP contribution in [0.5, 0.6) is 5.75 Å². The number of allylic oxidation sites excluding steroid dienone is 1. The maximum atomic E-state index is 10.9. The monoisotopic (exact) mass is 238 g/mol. The summed E-state index contributed by atoms with van der Waals surface area (Å²) in [4.78, 5) is 10.9. The van der Waals surface area contributed by atoms with Crippen LogP contribution in [0.15, 0.2) is 29.8 Å². The molecular formula is C13H15ClO2. The standard InChI is InChI=1S/C13H15ClO2/c1-3-4-11(9-15)13(14)10-5-7-12(16-2)8-6-10/h5-9H,3-4H2,1-2H3/b13-11+. The molecule has 1 aromatic rings. The van der Waals surface area contributed by atoms with Crippen LogP contribution >= 0.6 is 11.6 Å². The zero-order chi connectivity index (χ0) is 12.0. The van der Waals surface area contributed by atoms with Crippen LogP contribution in [0.3, 0.4) is 0 Å². The number of carbonyl (C=O) groups is 1. The van der Waals surface area contributed by atoms with E-state index in [1.54, 1.807) is 7.11 Å². The van der Waals surface area contributed by atoms with Crippen LogP contribution in [0.1, 0.15) is 25.3 Å². The van der Waals surface area contributed by atoms with Gasteiger partial charge in [-0.3, -0.25) is 4.79 Å². The first kappa shape index (κ1) is 12.8. The Morgan fingerprint density at radius 3 is 2.44 bits per heavy atom. The zero-order valence-corrected chi connectivity index (χ0v) is 10.3. The predicted octanol–water partition coefficient (Wildman–Crippen LogP) is 3.64. The van der Waals surface area contributed by atoms with Gasteiger partial charge in [-0.15, -0.1) is 0 Å². The number of hydrogen-bond acceptors (Lipinski definition) is 2. The van der Waals surface area contributed by atoms with Gasteiger partial charge >= 0.3 is 0 Å². The van der Waals surface area contributed by atoms with Crippen molar-refractivity contribution in [2.45, 2.75) is 19.8 Å². The van der Waals surface area contributed by atoms with Crippen molar-refractivity contribution < 1.29 is 9.53 Å². The number of aldehydes is 1. The number of halogens is 1. The van der Waals surface area contributed by atoms with Crippen LogP contribution in [0.2, 0.25) is 0 Å². The molecule has 2 nitrogen and oxygen atoms in total. The summed E-state index contributed by atoms with van der Waals surface area (Å²) in [6.07, 6.45) is 2.44. The van der Waals surface area contributed by atoms with Gasteiger partial charge in [0.2, 0.25) is 0 Å². The van der Waals surface area contributed by atoms with E-state index >= 15 is 0 Å². The van der Waals surface area contributed by atoms with E-state index in [-0.39, 0.29) is 0 Å². The molecule has 0 saturated heterocycles. The van der Waals surface area contributed by atoms with Crippen molar-refractivity contribution in [1.29, 1.82) is 0 Å². The summed E-state index contributed by atoms with van der Waals surface area (Å²) in [7, 11) is 1.61. The largest absolute Gasteiger partial charge is 0.497 e. The number of ether oxygens (including phenoxy) is 1. The van der Waals surface area contributed by atoms with Gasteiger partial charge in [0.1, 0.15) is 12.0 Å². The fourth-order valence-electron chi connectivity index (χ4n) is 1.41. The third-order valence-corrected chi connectivity index (χ3v) is 2.75. The van der Waals surface area contributed by atoms with Crippen LogP contribution in [0, 0.1) is 0 Å². The molecule has 0 spiro atoms. The Morgan fingerprint density at radius 1 is 1.38 bits per heavy atom. The number of hydrogen-bond donors (Lipinski definition) is 0. The summed E-state index contributed by atoms with van der Waals surface area (Å²) in [6, 6.07) is 7.35. The quantitative estimate of drug-likeness (QED) is 0.578. The maximum Gasteiger partial charge on any atom is 0.147 e. The van der Waals surface area contributed by atoms with Gasteiger partial charge in [0.05, 0.1) is 12.1 Å². The van der Waals surface area contributed by atoms with Crippen molar-refractivity contribution >= 4 is 22.9 Å². The zero-order valence-electron chi connectivity index (χ0n) is 9.50. The second-order valence-corrected chi connectivity index (χ2v) is 3.81. The normalized spacial score (nSPS) is 11.9. The second kappa shape index (κ2) is 6.33. The van der Waals surface area contributed by atoms with Crippen molar-refractivity contribution in [3.05, 3.63) is 35.4 Å². The first-order valence-corrected chi connectivity index (χ1v) is 5.59. The summed E-state index contributed by atoms with van der Waals surface area (Å²) < 4.78 is 5.05. The Hall–Kier alpha value is -1.28. The summed E-state index contributed by atoms with van der Waals surface area (Å²) >= 11 is 6.15. The average Bonchev–Trinajstić information content (AvgIpc) is 2.35. The Balaban J connectivity index is 3.01. The predicted molar refractivity (Wildman–Crippen MR) is 66.7 cm³/mol. The molecule has 0 atom stereocenters. The molecule has 0 radical (unpaired) electrons. The van der Waals surface area contributed by atoms with E-state index in [1.807, 2.05) is 31.2 Å². The molecule has 0 bridgehead atoms. The van der Waals surface area contributed by atoms with Gasteiger partial charge in [-0.05, 0) is 36.2 Å². The van der Waals surface area contributed by atoms with Gasteiger partial charge in [-0.25, -0.2) is 0 Å². The Kier molecular flexibility index (Phi) is 5.06. The maximum absolute atomic E-state index is 10.9. The van der Waals surface area contributed by atoms with E-state index in [0.717, 1.165) is 24.0 Å². The lowest BCUT2D eigenvalue weighted by Crippen LogP contribution is -1.90. The van der Waals surface area contributed by atoms with Crippen molar-refractivity contribution in [1.82, 2.24) is 0 Å². The van der Waals surface area contributed by atoms with Gasteiger partial charge in [0.15, 0.2) is 0 Å². The van der Waals surface area contributed by atoms with E-state index in [4.69, 9.17) is 16.3 Å². The molecule has 0 amide bonds. The van der Waals surface area contributed by atoms with Gasteiger partial charge in [-0.1, -0.05) is 24.9 Å². The summed E-state index contributed by atoms with van der Waals surface area (Å²) in [5, 5.41) is 0.527. The van der Waals surface area contributed by atoms with Crippen molar-refractivity contribution in [2.24, 2.45) is 0 Å². The minimum Gasteiger partial charge on any atom is -0.497 e. The average molecular weight is 239 g/mol. The van der Waals surface area contributed by atoms with E-state index in [1.165, 1.54) is 0 Å². The highest BCUT2D eigenvalue weighted by atomic mass is 35.5. The van der Waals surface area contributed by atoms with Gasteiger partial charge in [0, 0.05) is 5.57 Å². The number of rotatable bonds is 5. The van der Waals surface area contributed by atoms with Crippen molar-refractivity contribution in [3.63, 3.8) is 0 Å². The molecule has 1 rings (SSSR count). The molecule has 16 heavy (non-hydrogen) atoms. The van der Waals surface area contributed by atoms with Crippen LogP contribution in [0.4, 0.5) is 0 Å². The molecule has 0 saturated carbocycles. The molecule has 0 aliphatic carbocycles. The lowest BCUT2D eigenvalue weighted by Gasteiger charge is -2.05. The number of benzene rings is 1. The van der Waals surface area contributed by atoms with Gasteiger partial charge < -0.3 is 4.74 Å². The second-order valence-electron chi connectivity index (χ2n) is 3.44. The molecule has 3 heteroatoms. The molecular weight excluding hydrogens is 224 g/mol. The Morgan fingerprint density at radius 2 is 2.00 bits per heavy atom. The molecule has 0 fully saturated rings. The third kappa shape index (κ3) is 3.11. The topological polar surface area (TPSA) is 26.3 Å². The summed E-state index contributed by atoms with van der Waals surface area (Å²) in [5.41, 5.74) is 1.49. The molecule has 86 valence electrons. The SMILES string of the molecule is CCC/C(C=O)=C(\Cl)c1ccc(OC)cc1. The molecule has 0 heterocycles. The van der Waals surface area contributed by atoms with E-state index in [2.05, 4.69) is 0 Å². The van der Waals surface area contributed by atoms with Crippen molar-refractivity contribution in [3.8, 4) is 5.75 Å². The first-order chi connectivity index (χ1) is 7.72. The van der Waals surface area contributed by atoms with Gasteiger partial charge in [0.25, 0.3) is 0 Å². The fraction of sp³-hybridized carbons (Fsp3) is 0.308. The highest BCUT2D eigenvalue weighted by Crippen LogP contribution is 2.26. The third-order valence-electron chi connectivity index (χ3n) is 2.29. The van der Waals surface area contributed by atoms with E-state index in [9.17, 15) is 4.79 Å². The molecule has 0 aliphatic rings. The number of carbonyl (C=O) groups excluding carboxylic acids is 1. The van der Waals surface area contributed by atoms with Crippen LogP contribution in [-0.4, -0.2) is 13.4 Å². The summed E-state index contributed by atoms with van der Waals surface area (Å²) in [5.74, 6) is 0.774. The molecule has 1 aromatic carbocycles. The van der Waals surface area contributed by atoms with Crippen LogP contribution < -0.4 is 4.74 Å². The molecule has 0 aliphatic heterocycles. The molecule has 0 aromatic heterocycles. The van der Waals surface area contributed by atoms with Crippen molar-refractivity contribution in [2.75, 3.05) is 7.11 Å². The highest BCUT2D eigenvalue weighted by molar-refractivity contribution is 6.50. The molecule has 0 N–H and O–H groups in total. The highest BCUT2D eigenvalue weighted by Gasteiger charge is 2.05. The number of methoxy groups -OCH3 is 1. The molecule has 0 unspecified atom stereocenters. The minimum absolute atomic E-state index is 0.527. The fourth-order valence-corrected chi connectivity index (χ4v) is 1.68. The van der Waals surface area contributed by atoms with Crippen LogP contribution in [-0.2, 0) is 4.79 Å². The Bertz CT molecular complexity index is 379. The minimum atomic E-state index is 0.527. The lowest BCUT2D eigenvalue weighted by molar-refractivity contribution is -0.105. The first-order valence-electron chi connectivity index (χ1n) is 5.21. The smallest absolute Gasteiger partial charge is 0.147 e. The van der Waals surface area contributed by atoms with Crippen LogP contribution in [0.25, 0.3) is 5.03 Å². The van der Waals surface area contributed by atoms with Gasteiger partial charge in [-0.2, -0.15) is 0 Å². The van der Waals surface area contributed by atoms with E-state index < -0.39 is 0 Å². The Labute approximate surface area is 101 Å². The summed E-state index contributed by atoms with van der Waals surface area (Å²) in [6.45, 7) is 2.02. The van der Waals surface area contributed by atoms with E-state index in [0.29, 0.717) is 17.0 Å².